The number of aryl methyl sites for hydroxylation is 1. The first-order valence-electron chi connectivity index (χ1n) is 8.34. The maximum Gasteiger partial charge on any atom is 0.237 e. The van der Waals surface area contributed by atoms with E-state index in [1.54, 1.807) is 24.5 Å². The largest absolute Gasteiger partial charge is 0.469 e. The van der Waals surface area contributed by atoms with Crippen LogP contribution >= 0.6 is 11.8 Å². The van der Waals surface area contributed by atoms with Gasteiger partial charge in [-0.2, -0.15) is 0 Å². The Kier molecular flexibility index (Phi) is 4.53. The zero-order chi connectivity index (χ0) is 19.0. The van der Waals surface area contributed by atoms with Gasteiger partial charge in [-0.1, -0.05) is 11.8 Å². The molecule has 1 atom stereocenters. The average Bonchev–Trinajstić information content (AvgIpc) is 3.36. The molecule has 1 aromatic carbocycles. The molecule has 0 aliphatic carbocycles. The Balaban J connectivity index is 1.44. The molecule has 8 nitrogen and oxygen atoms in total. The van der Waals surface area contributed by atoms with Gasteiger partial charge in [-0.05, 0) is 32.0 Å². The van der Waals surface area contributed by atoms with Gasteiger partial charge in [0.05, 0.1) is 17.1 Å². The van der Waals surface area contributed by atoms with E-state index in [-0.39, 0.29) is 18.0 Å². The van der Waals surface area contributed by atoms with E-state index in [0.717, 1.165) is 11.3 Å². The molecule has 3 aromatic rings. The summed E-state index contributed by atoms with van der Waals surface area (Å²) in [6.07, 6.45) is 1.62. The second kappa shape index (κ2) is 6.99. The van der Waals surface area contributed by atoms with Crippen molar-refractivity contribution in [2.45, 2.75) is 24.3 Å². The third kappa shape index (κ3) is 3.37. The summed E-state index contributed by atoms with van der Waals surface area (Å²) in [4.78, 5) is 12.5. The molecule has 1 aliphatic heterocycles. The maximum atomic E-state index is 12.5. The molecule has 4 rings (SSSR count). The minimum absolute atomic E-state index is 0.136. The molecule has 140 valence electrons. The van der Waals surface area contributed by atoms with Crippen molar-refractivity contribution in [1.29, 1.82) is 0 Å². The van der Waals surface area contributed by atoms with Gasteiger partial charge in [-0.3, -0.25) is 4.79 Å². The number of ether oxygens (including phenoxy) is 2. The van der Waals surface area contributed by atoms with Gasteiger partial charge in [-0.15, -0.1) is 10.2 Å². The first-order valence-corrected chi connectivity index (χ1v) is 9.22. The Morgan fingerprint density at radius 2 is 2.07 bits per heavy atom. The fourth-order valence-corrected chi connectivity index (χ4v) is 3.51. The third-order valence-electron chi connectivity index (χ3n) is 4.23. The Morgan fingerprint density at radius 1 is 1.26 bits per heavy atom. The molecule has 2 aromatic heterocycles. The van der Waals surface area contributed by atoms with Gasteiger partial charge in [-0.25, -0.2) is 0 Å². The van der Waals surface area contributed by atoms with Crippen molar-refractivity contribution >= 4 is 23.4 Å². The number of hydrogen-bond donors (Lipinski definition) is 1. The summed E-state index contributed by atoms with van der Waals surface area (Å²) in [5.41, 5.74) is 1.54. The number of amides is 1. The molecule has 0 fully saturated rings. The fourth-order valence-electron chi connectivity index (χ4n) is 2.70. The van der Waals surface area contributed by atoms with Gasteiger partial charge in [0, 0.05) is 18.8 Å². The highest BCUT2D eigenvalue weighted by Gasteiger charge is 2.21. The van der Waals surface area contributed by atoms with Gasteiger partial charge in [0.25, 0.3) is 0 Å². The number of fused-ring (bicyclic) bond motifs is 1. The first kappa shape index (κ1) is 17.5. The normalized spacial score (nSPS) is 13.6. The SMILES string of the molecule is Cc1occc1-c1nnc(S[C@H](C)C(=O)Nc2ccc3c(c2)OCO3)n1C. The van der Waals surface area contributed by atoms with Crippen LogP contribution in [0.15, 0.2) is 40.1 Å². The van der Waals surface area contributed by atoms with Crippen molar-refractivity contribution in [3.8, 4) is 22.9 Å². The molecule has 0 spiro atoms. The summed E-state index contributed by atoms with van der Waals surface area (Å²) in [5.74, 6) is 2.64. The highest BCUT2D eigenvalue weighted by molar-refractivity contribution is 8.00. The van der Waals surface area contributed by atoms with Crippen LogP contribution in [-0.2, 0) is 11.8 Å². The molecule has 0 saturated heterocycles. The van der Waals surface area contributed by atoms with E-state index in [4.69, 9.17) is 13.9 Å². The van der Waals surface area contributed by atoms with Crippen LogP contribution in [0.25, 0.3) is 11.4 Å². The lowest BCUT2D eigenvalue weighted by atomic mass is 10.2. The van der Waals surface area contributed by atoms with Crippen molar-refractivity contribution < 1.29 is 18.7 Å². The minimum Gasteiger partial charge on any atom is -0.469 e. The molecule has 1 N–H and O–H groups in total. The van der Waals surface area contributed by atoms with Crippen molar-refractivity contribution in [3.05, 3.63) is 36.3 Å². The molecule has 0 unspecified atom stereocenters. The number of carbonyl (C=O) groups excluding carboxylic acids is 1. The van der Waals surface area contributed by atoms with Crippen LogP contribution in [0.4, 0.5) is 5.69 Å². The smallest absolute Gasteiger partial charge is 0.237 e. The predicted molar refractivity (Wildman–Crippen MR) is 100.0 cm³/mol. The summed E-state index contributed by atoms with van der Waals surface area (Å²) >= 11 is 1.34. The lowest BCUT2D eigenvalue weighted by Gasteiger charge is -2.12. The highest BCUT2D eigenvalue weighted by atomic mass is 32.2. The zero-order valence-electron chi connectivity index (χ0n) is 15.1. The van der Waals surface area contributed by atoms with Crippen LogP contribution in [0, 0.1) is 6.92 Å². The number of nitrogens with one attached hydrogen (secondary N) is 1. The topological polar surface area (TPSA) is 91.4 Å². The summed E-state index contributed by atoms with van der Waals surface area (Å²) in [6, 6.07) is 7.16. The van der Waals surface area contributed by atoms with Gasteiger partial charge < -0.3 is 23.8 Å². The number of anilines is 1. The second-order valence-electron chi connectivity index (χ2n) is 6.07. The van der Waals surface area contributed by atoms with Gasteiger partial charge in [0.15, 0.2) is 22.5 Å². The van der Waals surface area contributed by atoms with E-state index < -0.39 is 0 Å². The summed E-state index contributed by atoms with van der Waals surface area (Å²) in [7, 11) is 1.87. The van der Waals surface area contributed by atoms with Crippen LogP contribution in [0.1, 0.15) is 12.7 Å². The molecule has 0 saturated carbocycles. The molecule has 0 bridgehead atoms. The molecule has 3 heterocycles. The lowest BCUT2D eigenvalue weighted by molar-refractivity contribution is -0.115. The number of benzene rings is 1. The van der Waals surface area contributed by atoms with Crippen molar-refractivity contribution in [2.75, 3.05) is 12.1 Å². The van der Waals surface area contributed by atoms with Crippen LogP contribution in [0.5, 0.6) is 11.5 Å². The molecule has 27 heavy (non-hydrogen) atoms. The summed E-state index contributed by atoms with van der Waals surface area (Å²) in [5, 5.41) is 11.6. The van der Waals surface area contributed by atoms with Crippen LogP contribution < -0.4 is 14.8 Å². The number of hydrogen-bond acceptors (Lipinski definition) is 7. The van der Waals surface area contributed by atoms with Gasteiger partial charge in [0.2, 0.25) is 12.7 Å². The highest BCUT2D eigenvalue weighted by Crippen LogP contribution is 2.34. The van der Waals surface area contributed by atoms with E-state index >= 15 is 0 Å². The molecular formula is C18H18N4O4S. The van der Waals surface area contributed by atoms with E-state index in [1.807, 2.05) is 31.5 Å². The first-order chi connectivity index (χ1) is 13.0. The third-order valence-corrected chi connectivity index (χ3v) is 5.36. The Morgan fingerprint density at radius 3 is 2.85 bits per heavy atom. The predicted octanol–water partition coefficient (Wildman–Crippen LogP) is 3.23. The number of thioether (sulfide) groups is 1. The molecule has 1 amide bonds. The monoisotopic (exact) mass is 386 g/mol. The van der Waals surface area contributed by atoms with Crippen LogP contribution in [-0.4, -0.2) is 32.7 Å². The fraction of sp³-hybridized carbons (Fsp3) is 0.278. The van der Waals surface area contributed by atoms with Gasteiger partial charge in [0.1, 0.15) is 5.76 Å². The molecule has 1 aliphatic rings. The quantitative estimate of drug-likeness (QED) is 0.673. The standard InChI is InChI=1S/C18H18N4O4S/c1-10-13(6-7-24-10)16-20-21-18(22(16)3)27-11(2)17(23)19-12-4-5-14-15(8-12)26-9-25-14/h4-8,11H,9H2,1-3H3,(H,19,23)/t11-/m1/s1. The van der Waals surface area contributed by atoms with E-state index in [2.05, 4.69) is 15.5 Å². The molecular weight excluding hydrogens is 368 g/mol. The summed E-state index contributed by atoms with van der Waals surface area (Å²) in [6.45, 7) is 3.90. The van der Waals surface area contributed by atoms with E-state index in [9.17, 15) is 4.79 Å². The number of carbonyl (C=O) groups is 1. The number of rotatable bonds is 5. The van der Waals surface area contributed by atoms with E-state index in [1.165, 1.54) is 11.8 Å². The number of furan rings is 1. The second-order valence-corrected chi connectivity index (χ2v) is 7.38. The molecule has 9 heteroatoms. The van der Waals surface area contributed by atoms with Crippen molar-refractivity contribution in [3.63, 3.8) is 0 Å². The zero-order valence-corrected chi connectivity index (χ0v) is 15.9. The lowest BCUT2D eigenvalue weighted by Crippen LogP contribution is -2.22. The van der Waals surface area contributed by atoms with E-state index in [0.29, 0.717) is 28.2 Å². The minimum atomic E-state index is -0.364. The maximum absolute atomic E-state index is 12.5. The summed E-state index contributed by atoms with van der Waals surface area (Å²) < 4.78 is 17.8. The number of nitrogens with zero attached hydrogens (tertiary/aromatic N) is 3. The van der Waals surface area contributed by atoms with Crippen LogP contribution in [0.2, 0.25) is 0 Å². The Hall–Kier alpha value is -2.94. The van der Waals surface area contributed by atoms with Crippen molar-refractivity contribution in [2.24, 2.45) is 7.05 Å². The van der Waals surface area contributed by atoms with Crippen LogP contribution in [0.3, 0.4) is 0 Å². The Bertz CT molecular complexity index is 997. The van der Waals surface area contributed by atoms with Crippen molar-refractivity contribution in [1.82, 2.24) is 14.8 Å². The average molecular weight is 386 g/mol. The number of aromatic nitrogens is 3. The molecule has 0 radical (unpaired) electrons. The Labute approximate surface area is 159 Å². The van der Waals surface area contributed by atoms with Gasteiger partial charge >= 0.3 is 0 Å².